The monoisotopic (exact) mass is 250 g/mol. The Balaban J connectivity index is 2.18. The summed E-state index contributed by atoms with van der Waals surface area (Å²) in [5.41, 5.74) is 3.23. The predicted molar refractivity (Wildman–Crippen MR) is 72.4 cm³/mol. The van der Waals surface area contributed by atoms with Gasteiger partial charge in [-0.15, -0.1) is 0 Å². The van der Waals surface area contributed by atoms with Crippen LogP contribution in [-0.4, -0.2) is 11.6 Å². The van der Waals surface area contributed by atoms with Crippen LogP contribution in [0.2, 0.25) is 0 Å². The van der Waals surface area contributed by atoms with Crippen molar-refractivity contribution in [1.29, 1.82) is 0 Å². The normalized spacial score (nSPS) is 11.6. The van der Waals surface area contributed by atoms with Crippen LogP contribution in [0.1, 0.15) is 58.1 Å². The fourth-order valence-electron chi connectivity index (χ4n) is 1.63. The Morgan fingerprint density at radius 3 is 2.78 bits per heavy atom. The molecule has 4 nitrogen and oxygen atoms in total. The molecule has 1 aromatic rings. The third-order valence-electron chi connectivity index (χ3n) is 2.73. The molecule has 1 rings (SSSR count). The first-order valence-electron chi connectivity index (χ1n) is 6.61. The molecule has 1 N–H and O–H groups in total. The van der Waals surface area contributed by atoms with Crippen molar-refractivity contribution >= 4 is 11.6 Å². The Morgan fingerprint density at radius 1 is 1.33 bits per heavy atom. The second kappa shape index (κ2) is 8.50. The number of hydrogen-bond donors (Lipinski definition) is 1. The predicted octanol–water partition coefficient (Wildman–Crippen LogP) is 3.48. The largest absolute Gasteiger partial charge is 0.463 e. The molecule has 0 bridgehead atoms. The SMILES string of the molecule is CCCCCCCC(=O)NN=C(C)c1ccco1. The van der Waals surface area contributed by atoms with Gasteiger partial charge in [0.25, 0.3) is 0 Å². The molecular formula is C14H22N2O2. The summed E-state index contributed by atoms with van der Waals surface area (Å²) in [4.78, 5) is 11.5. The molecule has 0 unspecified atom stereocenters. The summed E-state index contributed by atoms with van der Waals surface area (Å²) in [6.45, 7) is 3.99. The molecule has 0 radical (unpaired) electrons. The van der Waals surface area contributed by atoms with Gasteiger partial charge in [-0.05, 0) is 25.5 Å². The number of hydrazone groups is 1. The highest BCUT2D eigenvalue weighted by atomic mass is 16.3. The van der Waals surface area contributed by atoms with E-state index in [9.17, 15) is 4.79 Å². The van der Waals surface area contributed by atoms with Crippen LogP contribution in [0.15, 0.2) is 27.9 Å². The number of amides is 1. The first kappa shape index (κ1) is 14.5. The molecule has 0 aliphatic heterocycles. The molecule has 0 aliphatic carbocycles. The minimum absolute atomic E-state index is 0.0302. The van der Waals surface area contributed by atoms with E-state index in [1.54, 1.807) is 19.3 Å². The van der Waals surface area contributed by atoms with Crippen LogP contribution >= 0.6 is 0 Å². The van der Waals surface area contributed by atoms with E-state index in [1.165, 1.54) is 19.3 Å². The summed E-state index contributed by atoms with van der Waals surface area (Å²) in [6.07, 6.45) is 7.85. The summed E-state index contributed by atoms with van der Waals surface area (Å²) in [5, 5.41) is 4.00. The van der Waals surface area contributed by atoms with Gasteiger partial charge in [0, 0.05) is 6.42 Å². The molecule has 4 heteroatoms. The molecule has 1 heterocycles. The van der Waals surface area contributed by atoms with Gasteiger partial charge in [0.1, 0.15) is 11.5 Å². The van der Waals surface area contributed by atoms with Crippen LogP contribution in [-0.2, 0) is 4.79 Å². The second-order valence-electron chi connectivity index (χ2n) is 4.37. The standard InChI is InChI=1S/C14H22N2O2/c1-3-4-5-6-7-10-14(17)16-15-12(2)13-9-8-11-18-13/h8-9,11H,3-7,10H2,1-2H3,(H,16,17). The van der Waals surface area contributed by atoms with Gasteiger partial charge < -0.3 is 4.42 Å². The van der Waals surface area contributed by atoms with Gasteiger partial charge in [0.05, 0.1) is 6.26 Å². The smallest absolute Gasteiger partial charge is 0.240 e. The topological polar surface area (TPSA) is 54.6 Å². The average molecular weight is 250 g/mol. The number of nitrogens with one attached hydrogen (secondary N) is 1. The molecule has 0 saturated carbocycles. The molecule has 0 aromatic carbocycles. The van der Waals surface area contributed by atoms with Crippen LogP contribution in [0.3, 0.4) is 0 Å². The molecule has 0 fully saturated rings. The zero-order chi connectivity index (χ0) is 13.2. The number of carbonyl (C=O) groups excluding carboxylic acids is 1. The average Bonchev–Trinajstić information content (AvgIpc) is 2.89. The maximum absolute atomic E-state index is 11.5. The van der Waals surface area contributed by atoms with E-state index in [0.717, 1.165) is 12.8 Å². The van der Waals surface area contributed by atoms with E-state index < -0.39 is 0 Å². The van der Waals surface area contributed by atoms with Crippen molar-refractivity contribution in [3.63, 3.8) is 0 Å². The van der Waals surface area contributed by atoms with E-state index in [4.69, 9.17) is 4.42 Å². The van der Waals surface area contributed by atoms with E-state index in [0.29, 0.717) is 17.9 Å². The summed E-state index contributed by atoms with van der Waals surface area (Å²) in [6, 6.07) is 3.61. The lowest BCUT2D eigenvalue weighted by Gasteiger charge is -2.01. The van der Waals surface area contributed by atoms with Gasteiger partial charge in [0.15, 0.2) is 0 Å². The lowest BCUT2D eigenvalue weighted by atomic mass is 10.1. The zero-order valence-corrected chi connectivity index (χ0v) is 11.2. The maximum atomic E-state index is 11.5. The van der Waals surface area contributed by atoms with Crippen molar-refractivity contribution in [2.75, 3.05) is 0 Å². The Labute approximate surface area is 108 Å². The second-order valence-corrected chi connectivity index (χ2v) is 4.37. The van der Waals surface area contributed by atoms with Crippen molar-refractivity contribution in [3.05, 3.63) is 24.2 Å². The van der Waals surface area contributed by atoms with Gasteiger partial charge in [-0.3, -0.25) is 4.79 Å². The van der Waals surface area contributed by atoms with Crippen molar-refractivity contribution in [2.45, 2.75) is 52.4 Å². The van der Waals surface area contributed by atoms with Crippen LogP contribution in [0.4, 0.5) is 0 Å². The van der Waals surface area contributed by atoms with Crippen molar-refractivity contribution < 1.29 is 9.21 Å². The third kappa shape index (κ3) is 5.66. The summed E-state index contributed by atoms with van der Waals surface area (Å²) in [5.74, 6) is 0.649. The zero-order valence-electron chi connectivity index (χ0n) is 11.2. The van der Waals surface area contributed by atoms with Gasteiger partial charge in [-0.25, -0.2) is 5.43 Å². The fraction of sp³-hybridized carbons (Fsp3) is 0.571. The summed E-state index contributed by atoms with van der Waals surface area (Å²) in [7, 11) is 0. The summed E-state index contributed by atoms with van der Waals surface area (Å²) >= 11 is 0. The lowest BCUT2D eigenvalue weighted by Crippen LogP contribution is -2.18. The van der Waals surface area contributed by atoms with Gasteiger partial charge in [0.2, 0.25) is 5.91 Å². The first-order valence-corrected chi connectivity index (χ1v) is 6.61. The molecule has 1 aromatic heterocycles. The summed E-state index contributed by atoms with van der Waals surface area (Å²) < 4.78 is 5.17. The van der Waals surface area contributed by atoms with Crippen LogP contribution in [0.25, 0.3) is 0 Å². The Bertz CT molecular complexity index is 369. The highest BCUT2D eigenvalue weighted by Gasteiger charge is 2.02. The van der Waals surface area contributed by atoms with E-state index >= 15 is 0 Å². The van der Waals surface area contributed by atoms with Crippen LogP contribution < -0.4 is 5.43 Å². The lowest BCUT2D eigenvalue weighted by molar-refractivity contribution is -0.121. The number of furan rings is 1. The molecule has 0 atom stereocenters. The highest BCUT2D eigenvalue weighted by molar-refractivity contribution is 5.96. The van der Waals surface area contributed by atoms with E-state index in [1.807, 2.05) is 6.07 Å². The first-order chi connectivity index (χ1) is 8.74. The number of hydrogen-bond acceptors (Lipinski definition) is 3. The van der Waals surface area contributed by atoms with Crippen molar-refractivity contribution in [2.24, 2.45) is 5.10 Å². The number of nitrogens with zero attached hydrogens (tertiary/aromatic N) is 1. The van der Waals surface area contributed by atoms with Crippen LogP contribution in [0.5, 0.6) is 0 Å². The number of carbonyl (C=O) groups is 1. The van der Waals surface area contributed by atoms with E-state index in [-0.39, 0.29) is 5.91 Å². The molecule has 0 aliphatic rings. The third-order valence-corrected chi connectivity index (χ3v) is 2.73. The van der Waals surface area contributed by atoms with Crippen molar-refractivity contribution in [1.82, 2.24) is 5.43 Å². The molecular weight excluding hydrogens is 228 g/mol. The molecule has 0 saturated heterocycles. The molecule has 18 heavy (non-hydrogen) atoms. The quantitative estimate of drug-likeness (QED) is 0.436. The highest BCUT2D eigenvalue weighted by Crippen LogP contribution is 2.05. The number of unbranched alkanes of at least 4 members (excludes halogenated alkanes) is 4. The van der Waals surface area contributed by atoms with Gasteiger partial charge in [-0.1, -0.05) is 32.6 Å². The van der Waals surface area contributed by atoms with E-state index in [2.05, 4.69) is 17.5 Å². The number of rotatable bonds is 8. The molecule has 1 amide bonds. The van der Waals surface area contributed by atoms with Gasteiger partial charge >= 0.3 is 0 Å². The Kier molecular flexibility index (Phi) is 6.84. The minimum atomic E-state index is -0.0302. The van der Waals surface area contributed by atoms with Gasteiger partial charge in [-0.2, -0.15) is 5.10 Å². The minimum Gasteiger partial charge on any atom is -0.463 e. The fourth-order valence-corrected chi connectivity index (χ4v) is 1.63. The molecule has 0 spiro atoms. The molecule has 100 valence electrons. The van der Waals surface area contributed by atoms with Crippen LogP contribution in [0, 0.1) is 0 Å². The van der Waals surface area contributed by atoms with Crippen molar-refractivity contribution in [3.8, 4) is 0 Å². The Hall–Kier alpha value is -1.58. The maximum Gasteiger partial charge on any atom is 0.240 e. The Morgan fingerprint density at radius 2 is 2.11 bits per heavy atom.